The summed E-state index contributed by atoms with van der Waals surface area (Å²) in [5.74, 6) is 0.377. The lowest BCUT2D eigenvalue weighted by atomic mass is 10.2. The molecule has 6 heteroatoms. The van der Waals surface area contributed by atoms with Gasteiger partial charge in [0.25, 0.3) is 5.91 Å². The number of pyridine rings is 1. The summed E-state index contributed by atoms with van der Waals surface area (Å²) in [5.41, 5.74) is 1.28. The smallest absolute Gasteiger partial charge is 0.271 e. The molecular formula is C12H13N5O. The predicted molar refractivity (Wildman–Crippen MR) is 67.0 cm³/mol. The molecule has 0 aliphatic heterocycles. The Hall–Kier alpha value is -2.50. The second-order valence-electron chi connectivity index (χ2n) is 3.58. The lowest BCUT2D eigenvalue weighted by molar-refractivity contribution is 0.0945. The quantitative estimate of drug-likeness (QED) is 0.832. The van der Waals surface area contributed by atoms with Crippen LogP contribution in [0.3, 0.4) is 0 Å². The highest BCUT2D eigenvalue weighted by Gasteiger charge is 2.07. The summed E-state index contributed by atoms with van der Waals surface area (Å²) in [5, 5.41) is 5.60. The van der Waals surface area contributed by atoms with E-state index in [4.69, 9.17) is 0 Å². The average Bonchev–Trinajstić information content (AvgIpc) is 2.46. The van der Waals surface area contributed by atoms with Gasteiger partial charge in [0.05, 0.1) is 12.4 Å². The fourth-order valence-corrected chi connectivity index (χ4v) is 1.35. The van der Waals surface area contributed by atoms with Crippen LogP contribution in [0.1, 0.15) is 16.1 Å². The molecule has 0 fully saturated rings. The van der Waals surface area contributed by atoms with E-state index < -0.39 is 0 Å². The largest absolute Gasteiger partial charge is 0.372 e. The molecule has 0 atom stereocenters. The third-order valence-electron chi connectivity index (χ3n) is 2.34. The molecule has 0 radical (unpaired) electrons. The van der Waals surface area contributed by atoms with Crippen molar-refractivity contribution in [2.45, 2.75) is 6.54 Å². The number of hydrogen-bond acceptors (Lipinski definition) is 5. The van der Waals surface area contributed by atoms with Gasteiger partial charge in [-0.1, -0.05) is 0 Å². The maximum atomic E-state index is 11.8. The van der Waals surface area contributed by atoms with Gasteiger partial charge in [-0.25, -0.2) is 9.97 Å². The Morgan fingerprint density at radius 2 is 2.00 bits per heavy atom. The van der Waals surface area contributed by atoms with E-state index >= 15 is 0 Å². The Kier molecular flexibility index (Phi) is 3.80. The zero-order chi connectivity index (χ0) is 12.8. The SMILES string of the molecule is CNc1cnc(C(=O)NCc2ccncc2)cn1. The predicted octanol–water partition coefficient (Wildman–Crippen LogP) is 0.843. The van der Waals surface area contributed by atoms with Gasteiger partial charge < -0.3 is 10.6 Å². The monoisotopic (exact) mass is 243 g/mol. The summed E-state index contributed by atoms with van der Waals surface area (Å²) in [6.07, 6.45) is 6.32. The Labute approximate surface area is 105 Å². The number of anilines is 1. The molecular weight excluding hydrogens is 230 g/mol. The normalized spacial score (nSPS) is 9.83. The van der Waals surface area contributed by atoms with E-state index in [1.165, 1.54) is 12.4 Å². The summed E-state index contributed by atoms with van der Waals surface area (Å²) in [6.45, 7) is 0.441. The van der Waals surface area contributed by atoms with Gasteiger partial charge in [0.15, 0.2) is 0 Å². The van der Waals surface area contributed by atoms with Crippen molar-refractivity contribution >= 4 is 11.7 Å². The first-order valence-electron chi connectivity index (χ1n) is 5.46. The van der Waals surface area contributed by atoms with Gasteiger partial charge in [-0.05, 0) is 17.7 Å². The fraction of sp³-hybridized carbons (Fsp3) is 0.167. The third kappa shape index (κ3) is 3.00. The minimum absolute atomic E-state index is 0.248. The van der Waals surface area contributed by atoms with Gasteiger partial charge in [-0.3, -0.25) is 9.78 Å². The van der Waals surface area contributed by atoms with Crippen molar-refractivity contribution in [3.05, 3.63) is 48.2 Å². The Morgan fingerprint density at radius 1 is 1.22 bits per heavy atom. The van der Waals surface area contributed by atoms with Gasteiger partial charge in [-0.2, -0.15) is 0 Å². The first-order valence-corrected chi connectivity index (χ1v) is 5.46. The van der Waals surface area contributed by atoms with Crippen LogP contribution in [0.5, 0.6) is 0 Å². The van der Waals surface area contributed by atoms with Crippen molar-refractivity contribution in [3.8, 4) is 0 Å². The molecule has 0 aromatic carbocycles. The number of nitrogens with zero attached hydrogens (tertiary/aromatic N) is 3. The molecule has 2 aromatic heterocycles. The minimum Gasteiger partial charge on any atom is -0.372 e. The molecule has 0 bridgehead atoms. The highest BCUT2D eigenvalue weighted by atomic mass is 16.1. The van der Waals surface area contributed by atoms with E-state index in [-0.39, 0.29) is 5.91 Å². The number of carbonyl (C=O) groups excluding carboxylic acids is 1. The van der Waals surface area contributed by atoms with Crippen LogP contribution in [0.15, 0.2) is 36.9 Å². The van der Waals surface area contributed by atoms with E-state index in [0.29, 0.717) is 18.1 Å². The molecule has 2 aromatic rings. The minimum atomic E-state index is -0.248. The molecule has 0 spiro atoms. The molecule has 0 aliphatic carbocycles. The first kappa shape index (κ1) is 12.0. The van der Waals surface area contributed by atoms with E-state index in [1.807, 2.05) is 12.1 Å². The van der Waals surface area contributed by atoms with Crippen molar-refractivity contribution < 1.29 is 4.79 Å². The summed E-state index contributed by atoms with van der Waals surface area (Å²) in [7, 11) is 1.74. The standard InChI is InChI=1S/C12H13N5O/c1-13-11-8-15-10(7-16-11)12(18)17-6-9-2-4-14-5-3-9/h2-5,7-8H,6H2,1H3,(H,13,16)(H,17,18). The molecule has 0 saturated heterocycles. The second-order valence-corrected chi connectivity index (χ2v) is 3.58. The Morgan fingerprint density at radius 3 is 2.61 bits per heavy atom. The van der Waals surface area contributed by atoms with Crippen molar-refractivity contribution in [2.75, 3.05) is 12.4 Å². The fourth-order valence-electron chi connectivity index (χ4n) is 1.35. The molecule has 0 saturated carbocycles. The van der Waals surface area contributed by atoms with E-state index in [0.717, 1.165) is 5.56 Å². The van der Waals surface area contributed by atoms with E-state index in [9.17, 15) is 4.79 Å². The van der Waals surface area contributed by atoms with Gasteiger partial charge in [-0.15, -0.1) is 0 Å². The Bertz CT molecular complexity index is 512. The summed E-state index contributed by atoms with van der Waals surface area (Å²) in [4.78, 5) is 23.7. The molecule has 2 rings (SSSR count). The van der Waals surface area contributed by atoms with Gasteiger partial charge in [0.1, 0.15) is 11.5 Å². The van der Waals surface area contributed by atoms with E-state index in [2.05, 4.69) is 25.6 Å². The van der Waals surface area contributed by atoms with Gasteiger partial charge in [0, 0.05) is 26.0 Å². The number of amides is 1. The van der Waals surface area contributed by atoms with Crippen LogP contribution in [-0.4, -0.2) is 27.9 Å². The van der Waals surface area contributed by atoms with Crippen LogP contribution in [0, 0.1) is 0 Å². The molecule has 18 heavy (non-hydrogen) atoms. The zero-order valence-electron chi connectivity index (χ0n) is 9.92. The van der Waals surface area contributed by atoms with Crippen LogP contribution in [0.4, 0.5) is 5.82 Å². The van der Waals surface area contributed by atoms with Gasteiger partial charge >= 0.3 is 0 Å². The number of hydrogen-bond donors (Lipinski definition) is 2. The molecule has 6 nitrogen and oxygen atoms in total. The topological polar surface area (TPSA) is 79.8 Å². The highest BCUT2D eigenvalue weighted by Crippen LogP contribution is 2.00. The third-order valence-corrected chi connectivity index (χ3v) is 2.34. The molecule has 2 heterocycles. The maximum absolute atomic E-state index is 11.8. The number of carbonyl (C=O) groups is 1. The van der Waals surface area contributed by atoms with Crippen LogP contribution < -0.4 is 10.6 Å². The lowest BCUT2D eigenvalue weighted by Gasteiger charge is -2.04. The van der Waals surface area contributed by atoms with E-state index in [1.54, 1.807) is 19.4 Å². The first-order chi connectivity index (χ1) is 8.79. The second kappa shape index (κ2) is 5.72. The van der Waals surface area contributed by atoms with Crippen molar-refractivity contribution in [3.63, 3.8) is 0 Å². The molecule has 2 N–H and O–H groups in total. The summed E-state index contributed by atoms with van der Waals surface area (Å²) >= 11 is 0. The summed E-state index contributed by atoms with van der Waals surface area (Å²) in [6, 6.07) is 3.69. The van der Waals surface area contributed by atoms with Crippen LogP contribution in [-0.2, 0) is 6.54 Å². The number of rotatable bonds is 4. The van der Waals surface area contributed by atoms with Crippen LogP contribution in [0.25, 0.3) is 0 Å². The Balaban J connectivity index is 1.95. The number of nitrogens with one attached hydrogen (secondary N) is 2. The van der Waals surface area contributed by atoms with Crippen molar-refractivity contribution in [1.82, 2.24) is 20.3 Å². The van der Waals surface area contributed by atoms with Crippen LogP contribution in [0.2, 0.25) is 0 Å². The molecule has 1 amide bonds. The number of aromatic nitrogens is 3. The van der Waals surface area contributed by atoms with Crippen LogP contribution >= 0.6 is 0 Å². The van der Waals surface area contributed by atoms with Gasteiger partial charge in [0.2, 0.25) is 0 Å². The lowest BCUT2D eigenvalue weighted by Crippen LogP contribution is -2.24. The van der Waals surface area contributed by atoms with Crippen molar-refractivity contribution in [2.24, 2.45) is 0 Å². The zero-order valence-corrected chi connectivity index (χ0v) is 9.92. The summed E-state index contributed by atoms with van der Waals surface area (Å²) < 4.78 is 0. The molecule has 92 valence electrons. The van der Waals surface area contributed by atoms with Crippen molar-refractivity contribution in [1.29, 1.82) is 0 Å². The molecule has 0 unspecified atom stereocenters. The maximum Gasteiger partial charge on any atom is 0.271 e. The highest BCUT2D eigenvalue weighted by molar-refractivity contribution is 5.91. The average molecular weight is 243 g/mol. The molecule has 0 aliphatic rings.